The first kappa shape index (κ1) is 6.70. The Bertz CT molecular complexity index is 228. The van der Waals surface area contributed by atoms with Crippen LogP contribution in [-0.4, -0.2) is 16.1 Å². The molecule has 1 aromatic rings. The van der Waals surface area contributed by atoms with Crippen molar-refractivity contribution in [2.75, 3.05) is 11.9 Å². The lowest BCUT2D eigenvalue weighted by molar-refractivity contribution is 0.655. The van der Waals surface area contributed by atoms with Crippen molar-refractivity contribution in [2.24, 2.45) is 0 Å². The minimum atomic E-state index is 1.04. The summed E-state index contributed by atoms with van der Waals surface area (Å²) in [6.07, 6.45) is 4.62. The Hall–Kier alpha value is -0.990. The summed E-state index contributed by atoms with van der Waals surface area (Å²) in [5.41, 5.74) is 1.11. The van der Waals surface area contributed by atoms with Gasteiger partial charge in [-0.3, -0.25) is 0 Å². The number of nitrogens with zero attached hydrogens (tertiary/aromatic N) is 2. The van der Waals surface area contributed by atoms with Crippen molar-refractivity contribution in [3.05, 3.63) is 11.9 Å². The minimum Gasteiger partial charge on any atom is -0.356 e. The highest BCUT2D eigenvalue weighted by atomic mass is 15.2. The number of hydrogen-bond donors (Lipinski definition) is 1. The third-order valence-corrected chi connectivity index (χ3v) is 2.01. The van der Waals surface area contributed by atoms with Crippen LogP contribution in [0.5, 0.6) is 0 Å². The Morgan fingerprint density at radius 3 is 3.36 bits per heavy atom. The molecule has 2 heterocycles. The topological polar surface area (TPSA) is 29.9 Å². The van der Waals surface area contributed by atoms with Crippen LogP contribution in [0.2, 0.25) is 0 Å². The maximum atomic E-state index is 4.36. The van der Waals surface area contributed by atoms with Gasteiger partial charge in [0.25, 0.3) is 0 Å². The predicted octanol–water partition coefficient (Wildman–Crippen LogP) is 1.40. The fourth-order valence-corrected chi connectivity index (χ4v) is 1.47. The van der Waals surface area contributed by atoms with Gasteiger partial charge in [0.05, 0.1) is 5.69 Å². The summed E-state index contributed by atoms with van der Waals surface area (Å²) in [5, 5.41) is 3.30. The molecule has 1 aliphatic heterocycles. The summed E-state index contributed by atoms with van der Waals surface area (Å²) in [6.45, 7) is 4.21. The summed E-state index contributed by atoms with van der Waals surface area (Å²) in [4.78, 5) is 4.36. The highest BCUT2D eigenvalue weighted by Crippen LogP contribution is 2.12. The number of rotatable bonds is 0. The monoisotopic (exact) mass is 151 g/mol. The van der Waals surface area contributed by atoms with Gasteiger partial charge in [-0.05, 0) is 19.8 Å². The van der Waals surface area contributed by atoms with Gasteiger partial charge < -0.3 is 9.88 Å². The van der Waals surface area contributed by atoms with E-state index < -0.39 is 0 Å². The van der Waals surface area contributed by atoms with E-state index in [2.05, 4.69) is 21.1 Å². The SMILES string of the molecule is Cc1cn2c(n1)NCCCC2. The van der Waals surface area contributed by atoms with Crippen molar-refractivity contribution < 1.29 is 0 Å². The minimum absolute atomic E-state index is 1.04. The number of aryl methyl sites for hydroxylation is 2. The first-order valence-electron chi connectivity index (χ1n) is 4.14. The summed E-state index contributed by atoms with van der Waals surface area (Å²) in [7, 11) is 0. The third-order valence-electron chi connectivity index (χ3n) is 2.01. The van der Waals surface area contributed by atoms with Crippen molar-refractivity contribution in [2.45, 2.75) is 26.3 Å². The quantitative estimate of drug-likeness (QED) is 0.607. The van der Waals surface area contributed by atoms with Gasteiger partial charge in [-0.25, -0.2) is 4.98 Å². The van der Waals surface area contributed by atoms with Crippen LogP contribution in [0.15, 0.2) is 6.20 Å². The molecule has 0 unspecified atom stereocenters. The molecule has 3 heteroatoms. The van der Waals surface area contributed by atoms with Crippen LogP contribution in [0.1, 0.15) is 18.5 Å². The van der Waals surface area contributed by atoms with Crippen LogP contribution < -0.4 is 5.32 Å². The van der Waals surface area contributed by atoms with Gasteiger partial charge in [0.15, 0.2) is 0 Å². The number of hydrogen-bond acceptors (Lipinski definition) is 2. The van der Waals surface area contributed by atoms with Crippen molar-refractivity contribution in [1.29, 1.82) is 0 Å². The molecule has 0 amide bonds. The summed E-state index contributed by atoms with van der Waals surface area (Å²) in [5.74, 6) is 1.04. The number of aromatic nitrogens is 2. The maximum absolute atomic E-state index is 4.36. The van der Waals surface area contributed by atoms with E-state index in [0.29, 0.717) is 0 Å². The zero-order chi connectivity index (χ0) is 7.68. The van der Waals surface area contributed by atoms with E-state index in [1.807, 2.05) is 6.92 Å². The zero-order valence-electron chi connectivity index (χ0n) is 6.80. The molecule has 11 heavy (non-hydrogen) atoms. The van der Waals surface area contributed by atoms with Crippen LogP contribution in [0.4, 0.5) is 5.95 Å². The molecule has 0 atom stereocenters. The highest BCUT2D eigenvalue weighted by Gasteiger charge is 2.07. The normalized spacial score (nSPS) is 16.8. The molecule has 0 spiro atoms. The zero-order valence-corrected chi connectivity index (χ0v) is 6.80. The van der Waals surface area contributed by atoms with Gasteiger partial charge in [0.2, 0.25) is 5.95 Å². The molecule has 1 aliphatic rings. The van der Waals surface area contributed by atoms with Crippen LogP contribution in [0.25, 0.3) is 0 Å². The molecule has 0 fully saturated rings. The molecule has 0 saturated carbocycles. The molecule has 1 N–H and O–H groups in total. The van der Waals surface area contributed by atoms with E-state index in [1.165, 1.54) is 12.8 Å². The van der Waals surface area contributed by atoms with Gasteiger partial charge in [0.1, 0.15) is 0 Å². The molecular weight excluding hydrogens is 138 g/mol. The molecule has 1 aromatic heterocycles. The molecule has 0 saturated heterocycles. The van der Waals surface area contributed by atoms with E-state index in [4.69, 9.17) is 0 Å². The number of nitrogens with one attached hydrogen (secondary N) is 1. The van der Waals surface area contributed by atoms with E-state index >= 15 is 0 Å². The Morgan fingerprint density at radius 1 is 1.55 bits per heavy atom. The van der Waals surface area contributed by atoms with Crippen LogP contribution in [-0.2, 0) is 6.54 Å². The van der Waals surface area contributed by atoms with Crippen LogP contribution >= 0.6 is 0 Å². The Balaban J connectivity index is 2.32. The number of imidazole rings is 1. The summed E-state index contributed by atoms with van der Waals surface area (Å²) in [6, 6.07) is 0. The molecule has 0 aromatic carbocycles. The summed E-state index contributed by atoms with van der Waals surface area (Å²) < 4.78 is 2.20. The van der Waals surface area contributed by atoms with E-state index in [9.17, 15) is 0 Å². The second kappa shape index (κ2) is 2.57. The third kappa shape index (κ3) is 1.23. The van der Waals surface area contributed by atoms with Gasteiger partial charge in [0, 0.05) is 19.3 Å². The fraction of sp³-hybridized carbons (Fsp3) is 0.625. The van der Waals surface area contributed by atoms with Crippen molar-refractivity contribution in [3.63, 3.8) is 0 Å². The standard InChI is InChI=1S/C8H13N3/c1-7-6-11-5-3-2-4-9-8(11)10-7/h6H,2-5H2,1H3,(H,9,10). The lowest BCUT2D eigenvalue weighted by Gasteiger charge is -2.00. The molecule has 0 radical (unpaired) electrons. The average Bonchev–Trinajstić information content (AvgIpc) is 2.17. The van der Waals surface area contributed by atoms with Gasteiger partial charge >= 0.3 is 0 Å². The average molecular weight is 151 g/mol. The molecule has 2 rings (SSSR count). The maximum Gasteiger partial charge on any atom is 0.203 e. The van der Waals surface area contributed by atoms with E-state index in [0.717, 1.165) is 24.7 Å². The molecule has 60 valence electrons. The highest BCUT2D eigenvalue weighted by molar-refractivity contribution is 5.29. The smallest absolute Gasteiger partial charge is 0.203 e. The molecule has 0 aliphatic carbocycles. The van der Waals surface area contributed by atoms with Crippen molar-refractivity contribution >= 4 is 5.95 Å². The molecule has 0 bridgehead atoms. The largest absolute Gasteiger partial charge is 0.356 e. The predicted molar refractivity (Wildman–Crippen MR) is 44.7 cm³/mol. The fourth-order valence-electron chi connectivity index (χ4n) is 1.47. The Morgan fingerprint density at radius 2 is 2.45 bits per heavy atom. The van der Waals surface area contributed by atoms with Gasteiger partial charge in [-0.2, -0.15) is 0 Å². The Labute approximate surface area is 66.4 Å². The number of anilines is 1. The molecular formula is C8H13N3. The Kier molecular flexibility index (Phi) is 1.56. The van der Waals surface area contributed by atoms with Crippen molar-refractivity contribution in [1.82, 2.24) is 9.55 Å². The van der Waals surface area contributed by atoms with Crippen LogP contribution in [0, 0.1) is 6.92 Å². The van der Waals surface area contributed by atoms with Crippen molar-refractivity contribution in [3.8, 4) is 0 Å². The van der Waals surface area contributed by atoms with Gasteiger partial charge in [-0.1, -0.05) is 0 Å². The second-order valence-corrected chi connectivity index (χ2v) is 3.03. The first-order chi connectivity index (χ1) is 5.36. The molecule has 3 nitrogen and oxygen atoms in total. The van der Waals surface area contributed by atoms with Gasteiger partial charge in [-0.15, -0.1) is 0 Å². The second-order valence-electron chi connectivity index (χ2n) is 3.03. The van der Waals surface area contributed by atoms with Crippen LogP contribution in [0.3, 0.4) is 0 Å². The summed E-state index contributed by atoms with van der Waals surface area (Å²) >= 11 is 0. The number of fused-ring (bicyclic) bond motifs is 1. The van der Waals surface area contributed by atoms with E-state index in [1.54, 1.807) is 0 Å². The van der Waals surface area contributed by atoms with E-state index in [-0.39, 0.29) is 0 Å². The first-order valence-corrected chi connectivity index (χ1v) is 4.14. The lowest BCUT2D eigenvalue weighted by atomic mass is 10.3. The lowest BCUT2D eigenvalue weighted by Crippen LogP contribution is -2.02.